The third kappa shape index (κ3) is 5.04. The van der Waals surface area contributed by atoms with Crippen LogP contribution in [0.15, 0.2) is 66.7 Å². The Morgan fingerprint density at radius 2 is 1.51 bits per heavy atom. The van der Waals surface area contributed by atoms with Gasteiger partial charge in [0, 0.05) is 32.7 Å². The van der Waals surface area contributed by atoms with Crippen molar-refractivity contribution < 1.29 is 27.5 Å². The summed E-state index contributed by atoms with van der Waals surface area (Å²) >= 11 is 0. The lowest BCUT2D eigenvalue weighted by atomic mass is 10.1. The number of carbonyl (C=O) groups is 2. The van der Waals surface area contributed by atoms with Crippen LogP contribution in [0, 0.1) is 0 Å². The maximum absolute atomic E-state index is 13.3. The molecule has 0 saturated carbocycles. The second-order valence-electron chi connectivity index (χ2n) is 9.21. The lowest BCUT2D eigenvalue weighted by molar-refractivity contribution is -0.137. The van der Waals surface area contributed by atoms with Crippen LogP contribution in [0.4, 0.5) is 18.9 Å². The van der Waals surface area contributed by atoms with E-state index >= 15 is 0 Å². The van der Waals surface area contributed by atoms with Crippen molar-refractivity contribution in [2.75, 3.05) is 38.2 Å². The van der Waals surface area contributed by atoms with Crippen molar-refractivity contribution in [2.45, 2.75) is 19.3 Å². The summed E-state index contributed by atoms with van der Waals surface area (Å²) in [6.07, 6.45) is -4.44. The number of amides is 2. The Morgan fingerprint density at radius 3 is 2.19 bits per heavy atom. The van der Waals surface area contributed by atoms with E-state index in [0.29, 0.717) is 35.5 Å². The average Bonchev–Trinajstić information content (AvgIpc) is 3.14. The third-order valence-electron chi connectivity index (χ3n) is 6.85. The van der Waals surface area contributed by atoms with Gasteiger partial charge in [-0.1, -0.05) is 30.3 Å². The quantitative estimate of drug-likeness (QED) is 0.446. The van der Waals surface area contributed by atoms with Gasteiger partial charge in [-0.3, -0.25) is 19.4 Å². The standard InChI is InChI=1S/C28H26F3N3O3/c1-37-22-5-2-4-20(16-22)17-32-12-14-33(15-13-32)24-7-3-6-23-25(24)27(36)34(26(23)35)18-19-8-10-21(11-9-19)28(29,30)31/h2-11,16H,12-15,17-18H2,1H3. The average molecular weight is 510 g/mol. The largest absolute Gasteiger partial charge is 0.497 e. The lowest BCUT2D eigenvalue weighted by Crippen LogP contribution is -2.46. The highest BCUT2D eigenvalue weighted by Crippen LogP contribution is 2.34. The van der Waals surface area contributed by atoms with Crippen LogP contribution in [0.5, 0.6) is 5.75 Å². The molecule has 1 fully saturated rings. The van der Waals surface area contributed by atoms with Crippen LogP contribution in [0.1, 0.15) is 37.4 Å². The fourth-order valence-corrected chi connectivity index (χ4v) is 4.88. The fraction of sp³-hybridized carbons (Fsp3) is 0.286. The van der Waals surface area contributed by atoms with Crippen molar-refractivity contribution in [3.05, 3.63) is 94.5 Å². The van der Waals surface area contributed by atoms with Crippen LogP contribution >= 0.6 is 0 Å². The molecule has 2 amide bonds. The van der Waals surface area contributed by atoms with Crippen molar-refractivity contribution in [3.63, 3.8) is 0 Å². The molecule has 6 nitrogen and oxygen atoms in total. The Bertz CT molecular complexity index is 1320. The lowest BCUT2D eigenvalue weighted by Gasteiger charge is -2.36. The van der Waals surface area contributed by atoms with Crippen molar-refractivity contribution in [2.24, 2.45) is 0 Å². The predicted octanol–water partition coefficient (Wildman–Crippen LogP) is 4.83. The molecular formula is C28H26F3N3O3. The van der Waals surface area contributed by atoms with Crippen LogP contribution in [-0.2, 0) is 19.3 Å². The topological polar surface area (TPSA) is 53.1 Å². The van der Waals surface area contributed by atoms with Gasteiger partial charge in [0.1, 0.15) is 5.75 Å². The molecule has 2 aliphatic rings. The molecule has 192 valence electrons. The summed E-state index contributed by atoms with van der Waals surface area (Å²) in [7, 11) is 1.65. The molecule has 0 aromatic heterocycles. The van der Waals surface area contributed by atoms with E-state index in [0.717, 1.165) is 48.0 Å². The molecule has 0 N–H and O–H groups in total. The van der Waals surface area contributed by atoms with Crippen LogP contribution in [0.2, 0.25) is 0 Å². The maximum Gasteiger partial charge on any atom is 0.416 e. The smallest absolute Gasteiger partial charge is 0.416 e. The number of rotatable bonds is 6. The molecule has 3 aromatic rings. The third-order valence-corrected chi connectivity index (χ3v) is 6.85. The first-order chi connectivity index (χ1) is 17.7. The molecule has 0 aliphatic carbocycles. The van der Waals surface area contributed by atoms with E-state index in [4.69, 9.17) is 4.74 Å². The highest BCUT2D eigenvalue weighted by Gasteiger charge is 2.39. The molecule has 5 rings (SSSR count). The van der Waals surface area contributed by atoms with Gasteiger partial charge in [0.05, 0.1) is 36.0 Å². The van der Waals surface area contributed by atoms with Gasteiger partial charge in [0.25, 0.3) is 11.8 Å². The number of benzene rings is 3. The van der Waals surface area contributed by atoms with Crippen LogP contribution in [0.25, 0.3) is 0 Å². The van der Waals surface area contributed by atoms with E-state index in [2.05, 4.69) is 15.9 Å². The summed E-state index contributed by atoms with van der Waals surface area (Å²) in [5.74, 6) is -0.0345. The summed E-state index contributed by atoms with van der Waals surface area (Å²) in [5, 5.41) is 0. The van der Waals surface area contributed by atoms with Crippen molar-refractivity contribution in [1.29, 1.82) is 0 Å². The number of alkyl halides is 3. The zero-order chi connectivity index (χ0) is 26.2. The molecule has 3 aromatic carbocycles. The summed E-state index contributed by atoms with van der Waals surface area (Å²) < 4.78 is 44.0. The summed E-state index contributed by atoms with van der Waals surface area (Å²) in [6.45, 7) is 3.67. The number of fused-ring (bicyclic) bond motifs is 1. The summed E-state index contributed by atoms with van der Waals surface area (Å²) in [6, 6.07) is 17.7. The first-order valence-corrected chi connectivity index (χ1v) is 12.0. The number of nitrogens with zero attached hydrogens (tertiary/aromatic N) is 3. The van der Waals surface area contributed by atoms with E-state index in [1.165, 1.54) is 12.1 Å². The number of ether oxygens (including phenoxy) is 1. The highest BCUT2D eigenvalue weighted by atomic mass is 19.4. The van der Waals surface area contributed by atoms with Crippen LogP contribution in [-0.4, -0.2) is 54.9 Å². The van der Waals surface area contributed by atoms with Gasteiger partial charge in [-0.2, -0.15) is 13.2 Å². The molecule has 2 heterocycles. The van der Waals surface area contributed by atoms with E-state index in [1.807, 2.05) is 24.3 Å². The summed E-state index contributed by atoms with van der Waals surface area (Å²) in [5.41, 5.74) is 2.25. The predicted molar refractivity (Wildman–Crippen MR) is 133 cm³/mol. The number of hydrogen-bond acceptors (Lipinski definition) is 5. The van der Waals surface area contributed by atoms with Gasteiger partial charge in [0.15, 0.2) is 0 Å². The Balaban J connectivity index is 1.28. The number of piperazine rings is 1. The van der Waals surface area contributed by atoms with Crippen molar-refractivity contribution in [1.82, 2.24) is 9.80 Å². The van der Waals surface area contributed by atoms with Crippen LogP contribution in [0.3, 0.4) is 0 Å². The minimum absolute atomic E-state index is 0.0851. The van der Waals surface area contributed by atoms with Crippen molar-refractivity contribution in [3.8, 4) is 5.75 Å². The van der Waals surface area contributed by atoms with E-state index in [1.54, 1.807) is 19.2 Å². The first-order valence-electron chi connectivity index (χ1n) is 12.0. The number of methoxy groups -OCH3 is 1. The SMILES string of the molecule is COc1cccc(CN2CCN(c3cccc4c3C(=O)N(Cc3ccc(C(F)(F)F)cc3)C4=O)CC2)c1. The van der Waals surface area contributed by atoms with Crippen LogP contribution < -0.4 is 9.64 Å². The summed E-state index contributed by atoms with van der Waals surface area (Å²) in [4.78, 5) is 32.0. The van der Waals surface area contributed by atoms with E-state index in [-0.39, 0.29) is 6.54 Å². The molecule has 0 atom stereocenters. The van der Waals surface area contributed by atoms with Crippen molar-refractivity contribution >= 4 is 17.5 Å². The Hall–Kier alpha value is -3.85. The monoisotopic (exact) mass is 509 g/mol. The number of hydrogen-bond donors (Lipinski definition) is 0. The maximum atomic E-state index is 13.3. The minimum Gasteiger partial charge on any atom is -0.497 e. The highest BCUT2D eigenvalue weighted by molar-refractivity contribution is 6.23. The molecule has 9 heteroatoms. The molecular weight excluding hydrogens is 483 g/mol. The van der Waals surface area contributed by atoms with Gasteiger partial charge < -0.3 is 9.64 Å². The second kappa shape index (κ2) is 9.89. The Kier molecular flexibility index (Phi) is 6.64. The zero-order valence-electron chi connectivity index (χ0n) is 20.3. The normalized spacial score (nSPS) is 16.3. The molecule has 1 saturated heterocycles. The van der Waals surface area contributed by atoms with Gasteiger partial charge in [-0.05, 0) is 47.5 Å². The van der Waals surface area contributed by atoms with Gasteiger partial charge in [0.2, 0.25) is 0 Å². The number of imide groups is 1. The van der Waals surface area contributed by atoms with Gasteiger partial charge in [-0.25, -0.2) is 0 Å². The van der Waals surface area contributed by atoms with E-state index < -0.39 is 23.6 Å². The molecule has 37 heavy (non-hydrogen) atoms. The van der Waals surface area contributed by atoms with Gasteiger partial charge in [-0.15, -0.1) is 0 Å². The molecule has 0 spiro atoms. The molecule has 2 aliphatic heterocycles. The number of anilines is 1. The van der Waals surface area contributed by atoms with E-state index in [9.17, 15) is 22.8 Å². The molecule has 0 radical (unpaired) electrons. The number of carbonyl (C=O) groups excluding carboxylic acids is 2. The molecule has 0 unspecified atom stereocenters. The first kappa shape index (κ1) is 24.8. The zero-order valence-corrected chi connectivity index (χ0v) is 20.3. The fourth-order valence-electron chi connectivity index (χ4n) is 4.88. The number of halogens is 3. The minimum atomic E-state index is -4.44. The molecule has 0 bridgehead atoms. The Morgan fingerprint density at radius 1 is 0.811 bits per heavy atom. The van der Waals surface area contributed by atoms with Gasteiger partial charge >= 0.3 is 6.18 Å². The second-order valence-corrected chi connectivity index (χ2v) is 9.21. The Labute approximate surface area is 212 Å².